The number of rotatable bonds is 27. The van der Waals surface area contributed by atoms with Crippen LogP contribution in [0.2, 0.25) is 0 Å². The summed E-state index contributed by atoms with van der Waals surface area (Å²) in [5.74, 6) is -4.29. The zero-order valence-electron chi connectivity index (χ0n) is 47.0. The van der Waals surface area contributed by atoms with Gasteiger partial charge in [-0.3, -0.25) is 28.8 Å². The number of nitrogens with zero attached hydrogens (tertiary/aromatic N) is 2. The largest absolute Gasteiger partial charge is 0.458 e. The fourth-order valence-electron chi connectivity index (χ4n) is 11.9. The predicted octanol–water partition coefficient (Wildman–Crippen LogP) is 8.46. The van der Waals surface area contributed by atoms with Crippen molar-refractivity contribution in [2.45, 2.75) is 146 Å². The molecular formula is C65H82N6O9. The first-order chi connectivity index (χ1) is 38.7. The van der Waals surface area contributed by atoms with Gasteiger partial charge in [0.05, 0.1) is 23.7 Å². The molecule has 80 heavy (non-hydrogen) atoms. The molecule has 426 valence electrons. The third-order valence-corrected chi connectivity index (χ3v) is 16.6. The molecular weight excluding hydrogens is 1010 g/mol. The van der Waals surface area contributed by atoms with Crippen LogP contribution in [-0.4, -0.2) is 121 Å². The van der Waals surface area contributed by atoms with Crippen molar-refractivity contribution in [3.05, 3.63) is 143 Å². The van der Waals surface area contributed by atoms with E-state index in [0.29, 0.717) is 24.3 Å². The number of unbranched alkanes of at least 4 members (excludes halogenated alkanes) is 9. The Morgan fingerprint density at radius 1 is 0.450 bits per heavy atom. The van der Waals surface area contributed by atoms with Gasteiger partial charge in [0.1, 0.15) is 12.2 Å². The Kier molecular flexibility index (Phi) is 19.6. The summed E-state index contributed by atoms with van der Waals surface area (Å²) in [4.78, 5) is 99.5. The standard InChI is InChI=1S/C65H82N6O9/c1-65(2,3)80-58(72)42-79-34-22-11-9-7-5-4-6-8-10-21-33-66-59(73)51-38-70(39-52(51)60(74)67-55-35-48(55)43-23-15-12-16-24-43)63(77)46-29-31-47(32-30-46)64(78)71-40-53(61(75)68-56-36-49(56)44-25-17-13-18-26-44)54(41-71)62(76)69-57-37-50(57)45-27-19-14-20-28-45/h12-20,23-32,48-57H,4-11,21-22,33-42H2,1-3H3,(H,66,73)(H,67,74)(H,68,75)(H,69,76)/t48-,49-,50-,51-,52-,53-,54-,55+,56+,57+/m1/s1. The van der Waals surface area contributed by atoms with E-state index < -0.39 is 29.3 Å². The SMILES string of the molecule is CC(C)(C)OC(=O)COCCCCCCCCCCCCNC(=O)[C@@H]1CN(C(=O)c2ccc(C(=O)N3C[C@@H](C(=O)N[C@H]4C[C@@H]4c4ccccc4)[C@H](C(=O)N[C@H]4C[C@@H]4c4ccccc4)C3)cc2)C[C@H]1C(=O)N[C@H]1C[C@@H]1c1ccccc1. The lowest BCUT2D eigenvalue weighted by Gasteiger charge is -2.19. The number of carbonyl (C=O) groups is 7. The number of hydrogen-bond donors (Lipinski definition) is 4. The van der Waals surface area contributed by atoms with Crippen molar-refractivity contribution in [2.24, 2.45) is 23.7 Å². The summed E-state index contributed by atoms with van der Waals surface area (Å²) in [6.45, 7) is 6.87. The quantitative estimate of drug-likeness (QED) is 0.0335. The second-order valence-corrected chi connectivity index (χ2v) is 24.0. The number of hydrogen-bond acceptors (Lipinski definition) is 9. The third kappa shape index (κ3) is 15.9. The van der Waals surface area contributed by atoms with Gasteiger partial charge in [-0.2, -0.15) is 0 Å². The molecule has 2 aliphatic heterocycles. The van der Waals surface area contributed by atoms with Crippen molar-refractivity contribution in [2.75, 3.05) is 45.9 Å². The fourth-order valence-corrected chi connectivity index (χ4v) is 11.9. The molecule has 4 aromatic rings. The molecule has 0 bridgehead atoms. The van der Waals surface area contributed by atoms with Crippen LogP contribution in [-0.2, 0) is 33.4 Å². The highest BCUT2D eigenvalue weighted by molar-refractivity contribution is 6.00. The predicted molar refractivity (Wildman–Crippen MR) is 305 cm³/mol. The van der Waals surface area contributed by atoms with Gasteiger partial charge >= 0.3 is 5.97 Å². The highest BCUT2D eigenvalue weighted by Crippen LogP contribution is 2.44. The Hall–Kier alpha value is -6.87. The summed E-state index contributed by atoms with van der Waals surface area (Å²) in [6, 6.07) is 36.4. The Morgan fingerprint density at radius 2 is 0.787 bits per heavy atom. The minimum Gasteiger partial charge on any atom is -0.458 e. The van der Waals surface area contributed by atoms with Gasteiger partial charge in [-0.25, -0.2) is 4.79 Å². The summed E-state index contributed by atoms with van der Waals surface area (Å²) in [5.41, 5.74) is 3.61. The molecule has 4 N–H and O–H groups in total. The van der Waals surface area contributed by atoms with Gasteiger partial charge in [0.15, 0.2) is 0 Å². The van der Waals surface area contributed by atoms with E-state index in [0.717, 1.165) is 93.7 Å². The first-order valence-corrected chi connectivity index (χ1v) is 29.5. The van der Waals surface area contributed by atoms with Crippen molar-refractivity contribution in [1.29, 1.82) is 0 Å². The van der Waals surface area contributed by atoms with E-state index in [9.17, 15) is 33.6 Å². The summed E-state index contributed by atoms with van der Waals surface area (Å²) >= 11 is 0. The summed E-state index contributed by atoms with van der Waals surface area (Å²) in [5, 5.41) is 12.7. The monoisotopic (exact) mass is 1090 g/mol. The highest BCUT2D eigenvalue weighted by Gasteiger charge is 2.50. The normalized spacial score (nSPS) is 24.6. The van der Waals surface area contributed by atoms with Crippen molar-refractivity contribution in [3.8, 4) is 0 Å². The molecule has 15 nitrogen and oxygen atoms in total. The molecule has 2 saturated heterocycles. The van der Waals surface area contributed by atoms with Crippen LogP contribution < -0.4 is 21.3 Å². The van der Waals surface area contributed by atoms with Gasteiger partial charge in [-0.15, -0.1) is 0 Å². The van der Waals surface area contributed by atoms with Gasteiger partial charge in [0.25, 0.3) is 11.8 Å². The maximum Gasteiger partial charge on any atom is 0.332 e. The summed E-state index contributed by atoms with van der Waals surface area (Å²) in [7, 11) is 0. The zero-order chi connectivity index (χ0) is 56.2. The zero-order valence-corrected chi connectivity index (χ0v) is 47.0. The fraction of sp³-hybridized carbons (Fsp3) is 0.523. The van der Waals surface area contributed by atoms with Crippen molar-refractivity contribution >= 4 is 41.4 Å². The molecule has 5 fully saturated rings. The third-order valence-electron chi connectivity index (χ3n) is 16.6. The minimum atomic E-state index is -0.740. The molecule has 9 rings (SSSR count). The van der Waals surface area contributed by atoms with Gasteiger partial charge in [-0.05, 0) is 93.8 Å². The number of carbonyl (C=O) groups excluding carboxylic acids is 7. The molecule has 0 radical (unpaired) electrons. The highest BCUT2D eigenvalue weighted by atomic mass is 16.6. The van der Waals surface area contributed by atoms with Crippen LogP contribution in [0.15, 0.2) is 115 Å². The Bertz CT molecular complexity index is 2680. The number of esters is 1. The second-order valence-electron chi connectivity index (χ2n) is 24.0. The number of likely N-dealkylation sites (tertiary alicyclic amines) is 2. The van der Waals surface area contributed by atoms with Crippen LogP contribution >= 0.6 is 0 Å². The molecule has 6 amide bonds. The van der Waals surface area contributed by atoms with Crippen LogP contribution in [0.5, 0.6) is 0 Å². The van der Waals surface area contributed by atoms with E-state index in [1.165, 1.54) is 6.42 Å². The van der Waals surface area contributed by atoms with Crippen molar-refractivity contribution < 1.29 is 43.0 Å². The van der Waals surface area contributed by atoms with Crippen LogP contribution in [0.3, 0.4) is 0 Å². The first-order valence-electron chi connectivity index (χ1n) is 29.5. The topological polar surface area (TPSA) is 193 Å². The molecule has 2 heterocycles. The first kappa shape index (κ1) is 57.8. The number of ether oxygens (including phenoxy) is 2. The van der Waals surface area contributed by atoms with Crippen molar-refractivity contribution in [1.82, 2.24) is 31.1 Å². The summed E-state index contributed by atoms with van der Waals surface area (Å²) in [6.07, 6.45) is 13.0. The molecule has 4 aromatic carbocycles. The maximum absolute atomic E-state index is 14.3. The van der Waals surface area contributed by atoms with Gasteiger partial charge in [0.2, 0.25) is 23.6 Å². The van der Waals surface area contributed by atoms with Crippen molar-refractivity contribution in [3.63, 3.8) is 0 Å². The second kappa shape index (κ2) is 27.1. The molecule has 0 unspecified atom stereocenters. The van der Waals surface area contributed by atoms with Crippen LogP contribution in [0.1, 0.15) is 159 Å². The average Bonchev–Trinajstić information content (AvgIpc) is 4.46. The number of nitrogens with one attached hydrogen (secondary N) is 4. The van der Waals surface area contributed by atoms with E-state index in [4.69, 9.17) is 9.47 Å². The van der Waals surface area contributed by atoms with E-state index in [1.807, 2.05) is 75.4 Å². The Morgan fingerprint density at radius 3 is 1.15 bits per heavy atom. The minimum absolute atomic E-state index is 0.00901. The summed E-state index contributed by atoms with van der Waals surface area (Å²) < 4.78 is 10.7. The average molecular weight is 1090 g/mol. The van der Waals surface area contributed by atoms with E-state index in [-0.39, 0.29) is 110 Å². The van der Waals surface area contributed by atoms with Crippen LogP contribution in [0.4, 0.5) is 0 Å². The van der Waals surface area contributed by atoms with E-state index in [1.54, 1.807) is 34.1 Å². The molecule has 15 heteroatoms. The molecule has 0 aromatic heterocycles. The van der Waals surface area contributed by atoms with Crippen LogP contribution in [0.25, 0.3) is 0 Å². The van der Waals surface area contributed by atoms with E-state index in [2.05, 4.69) is 57.7 Å². The number of amides is 6. The van der Waals surface area contributed by atoms with Crippen LogP contribution in [0, 0.1) is 23.7 Å². The lowest BCUT2D eigenvalue weighted by Crippen LogP contribution is -2.43. The van der Waals surface area contributed by atoms with Gasteiger partial charge < -0.3 is 40.5 Å². The lowest BCUT2D eigenvalue weighted by atomic mass is 9.94. The molecule has 10 atom stereocenters. The van der Waals surface area contributed by atoms with Gasteiger partial charge in [0, 0.05) is 86.3 Å². The lowest BCUT2D eigenvalue weighted by molar-refractivity contribution is -0.160. The smallest absolute Gasteiger partial charge is 0.332 e. The maximum atomic E-state index is 14.3. The number of benzene rings is 4. The molecule has 3 saturated carbocycles. The molecule has 0 spiro atoms. The Labute approximate surface area is 472 Å². The molecule has 5 aliphatic rings. The molecule has 3 aliphatic carbocycles. The van der Waals surface area contributed by atoms with Gasteiger partial charge in [-0.1, -0.05) is 142 Å². The Balaban J connectivity index is 0.754. The van der Waals surface area contributed by atoms with E-state index >= 15 is 0 Å².